The van der Waals surface area contributed by atoms with Gasteiger partial charge in [0.1, 0.15) is 11.6 Å². The van der Waals surface area contributed by atoms with Crippen LogP contribution in [-0.2, 0) is 6.42 Å². The fourth-order valence-corrected chi connectivity index (χ4v) is 2.82. The van der Waals surface area contributed by atoms with Crippen LogP contribution in [-0.4, -0.2) is 46.8 Å². The van der Waals surface area contributed by atoms with Gasteiger partial charge in [0, 0.05) is 38.7 Å². The summed E-state index contributed by atoms with van der Waals surface area (Å²) in [5.41, 5.74) is 0.887. The van der Waals surface area contributed by atoms with Gasteiger partial charge in [0.25, 0.3) is 0 Å². The summed E-state index contributed by atoms with van der Waals surface area (Å²) in [6, 6.07) is 15.8. The molecule has 0 spiro atoms. The Bertz CT molecular complexity index is 868. The summed E-state index contributed by atoms with van der Waals surface area (Å²) in [4.78, 5) is 4.61. The van der Waals surface area contributed by atoms with Gasteiger partial charge in [-0.25, -0.2) is 0 Å². The Morgan fingerprint density at radius 3 is 2.69 bits per heavy atom. The molecule has 0 saturated heterocycles. The van der Waals surface area contributed by atoms with E-state index in [0.717, 1.165) is 62.1 Å². The van der Waals surface area contributed by atoms with Crippen LogP contribution in [0.3, 0.4) is 0 Å². The second-order valence-electron chi connectivity index (χ2n) is 6.35. The van der Waals surface area contributed by atoms with Gasteiger partial charge in [0.05, 0.1) is 6.61 Å². The van der Waals surface area contributed by atoms with Crippen molar-refractivity contribution in [2.45, 2.75) is 26.2 Å². The normalized spacial score (nSPS) is 11.1. The van der Waals surface area contributed by atoms with Crippen molar-refractivity contribution in [2.75, 3.05) is 26.2 Å². The number of nitrogens with zero attached hydrogens (tertiary/aromatic N) is 4. The van der Waals surface area contributed by atoms with Gasteiger partial charge in [-0.05, 0) is 37.6 Å². The lowest BCUT2D eigenvalue weighted by Gasteiger charge is -2.11. The first-order valence-electron chi connectivity index (χ1n) is 9.85. The molecule has 3 aromatic rings. The summed E-state index contributed by atoms with van der Waals surface area (Å²) in [6.45, 7) is 5.11. The lowest BCUT2D eigenvalue weighted by atomic mass is 10.3. The van der Waals surface area contributed by atoms with Crippen LogP contribution in [0.25, 0.3) is 5.65 Å². The minimum Gasteiger partial charge on any atom is -0.494 e. The first-order chi connectivity index (χ1) is 13.9. The van der Waals surface area contributed by atoms with Crippen molar-refractivity contribution in [3.63, 3.8) is 0 Å². The molecule has 0 amide bonds. The van der Waals surface area contributed by atoms with Crippen LogP contribution in [0.1, 0.15) is 25.6 Å². The van der Waals surface area contributed by atoms with Crippen LogP contribution in [0.2, 0.25) is 0 Å². The van der Waals surface area contributed by atoms with E-state index in [4.69, 9.17) is 4.74 Å². The van der Waals surface area contributed by atoms with Crippen LogP contribution in [0.15, 0.2) is 59.7 Å². The Balaban J connectivity index is 0.00000300. The maximum atomic E-state index is 5.70. The third-order valence-corrected chi connectivity index (χ3v) is 4.18. The van der Waals surface area contributed by atoms with E-state index in [9.17, 15) is 0 Å². The highest BCUT2D eigenvalue weighted by Crippen LogP contribution is 2.08. The van der Waals surface area contributed by atoms with Gasteiger partial charge in [-0.1, -0.05) is 24.3 Å². The minimum absolute atomic E-state index is 0. The maximum Gasteiger partial charge on any atom is 0.191 e. The van der Waals surface area contributed by atoms with Crippen LogP contribution in [0.5, 0.6) is 5.75 Å². The van der Waals surface area contributed by atoms with Crippen LogP contribution < -0.4 is 15.4 Å². The Morgan fingerprint density at radius 2 is 1.86 bits per heavy atom. The van der Waals surface area contributed by atoms with E-state index >= 15 is 0 Å². The molecule has 2 N–H and O–H groups in total. The highest BCUT2D eigenvalue weighted by molar-refractivity contribution is 14.0. The zero-order chi connectivity index (χ0) is 19.4. The van der Waals surface area contributed by atoms with E-state index in [-0.39, 0.29) is 24.0 Å². The zero-order valence-electron chi connectivity index (χ0n) is 16.8. The predicted molar refractivity (Wildman–Crippen MR) is 127 cm³/mol. The average molecular weight is 508 g/mol. The number of aryl methyl sites for hydroxylation is 1. The number of aromatic nitrogens is 3. The van der Waals surface area contributed by atoms with Gasteiger partial charge in [0.2, 0.25) is 0 Å². The lowest BCUT2D eigenvalue weighted by molar-refractivity contribution is 0.313. The van der Waals surface area contributed by atoms with E-state index in [1.54, 1.807) is 0 Å². The second kappa shape index (κ2) is 13.0. The third-order valence-electron chi connectivity index (χ3n) is 4.18. The van der Waals surface area contributed by atoms with E-state index in [0.29, 0.717) is 6.61 Å². The average Bonchev–Trinajstić information content (AvgIpc) is 3.15. The summed E-state index contributed by atoms with van der Waals surface area (Å²) in [7, 11) is 0. The first-order valence-corrected chi connectivity index (χ1v) is 9.85. The molecule has 1 aromatic carbocycles. The fourth-order valence-electron chi connectivity index (χ4n) is 2.82. The molecule has 0 unspecified atom stereocenters. The van der Waals surface area contributed by atoms with Crippen molar-refractivity contribution in [3.05, 3.63) is 60.6 Å². The standard InChI is InChI=1S/C21H28N6O.HI/c1-2-22-21(24-15-9-17-28-18-10-4-3-5-11-18)23-14-8-13-20-26-25-19-12-6-7-16-27(19)20;/h3-7,10-12,16H,2,8-9,13-15,17H2,1H3,(H2,22,23,24);1H. The molecule has 0 aliphatic rings. The molecule has 0 fully saturated rings. The number of rotatable bonds is 10. The third kappa shape index (κ3) is 7.52. The van der Waals surface area contributed by atoms with Crippen molar-refractivity contribution in [1.82, 2.24) is 25.2 Å². The number of aliphatic imine (C=N–C) groups is 1. The Kier molecular flexibility index (Phi) is 10.3. The molecule has 0 bridgehead atoms. The van der Waals surface area contributed by atoms with Gasteiger partial charge in [-0.3, -0.25) is 9.39 Å². The molecule has 0 saturated carbocycles. The molecule has 29 heavy (non-hydrogen) atoms. The molecule has 3 rings (SSSR count). The van der Waals surface area contributed by atoms with Crippen molar-refractivity contribution in [2.24, 2.45) is 4.99 Å². The molecule has 8 heteroatoms. The number of hydrogen-bond acceptors (Lipinski definition) is 4. The molecule has 0 aliphatic heterocycles. The maximum absolute atomic E-state index is 5.70. The summed E-state index contributed by atoms with van der Waals surface area (Å²) >= 11 is 0. The summed E-state index contributed by atoms with van der Waals surface area (Å²) in [5.74, 6) is 2.73. The second-order valence-corrected chi connectivity index (χ2v) is 6.35. The Labute approximate surface area is 189 Å². The molecule has 7 nitrogen and oxygen atoms in total. The van der Waals surface area contributed by atoms with Crippen LogP contribution in [0.4, 0.5) is 0 Å². The number of nitrogens with one attached hydrogen (secondary N) is 2. The summed E-state index contributed by atoms with van der Waals surface area (Å²) in [5, 5.41) is 15.1. The van der Waals surface area contributed by atoms with Gasteiger partial charge in [0.15, 0.2) is 11.6 Å². The predicted octanol–water partition coefficient (Wildman–Crippen LogP) is 3.30. The van der Waals surface area contributed by atoms with Crippen molar-refractivity contribution in [3.8, 4) is 5.75 Å². The molecule has 0 atom stereocenters. The molecule has 0 aliphatic carbocycles. The number of guanidine groups is 1. The van der Waals surface area contributed by atoms with E-state index in [2.05, 4.69) is 32.7 Å². The van der Waals surface area contributed by atoms with Crippen LogP contribution >= 0.6 is 24.0 Å². The fraction of sp³-hybridized carbons (Fsp3) is 0.381. The number of fused-ring (bicyclic) bond motifs is 1. The monoisotopic (exact) mass is 508 g/mol. The smallest absolute Gasteiger partial charge is 0.191 e. The van der Waals surface area contributed by atoms with Crippen molar-refractivity contribution >= 4 is 35.6 Å². The quantitative estimate of drug-likeness (QED) is 0.190. The van der Waals surface area contributed by atoms with E-state index in [1.807, 2.05) is 59.1 Å². The van der Waals surface area contributed by atoms with Crippen LogP contribution in [0, 0.1) is 0 Å². The molecule has 156 valence electrons. The minimum atomic E-state index is 0. The topological polar surface area (TPSA) is 75.8 Å². The number of hydrogen-bond donors (Lipinski definition) is 2. The number of pyridine rings is 1. The Morgan fingerprint density at radius 1 is 1.03 bits per heavy atom. The first kappa shape index (κ1) is 22.9. The Hall–Kier alpha value is -2.36. The van der Waals surface area contributed by atoms with Crippen molar-refractivity contribution < 1.29 is 4.74 Å². The number of halogens is 1. The summed E-state index contributed by atoms with van der Waals surface area (Å²) < 4.78 is 7.73. The molecule has 2 heterocycles. The van der Waals surface area contributed by atoms with Gasteiger partial charge < -0.3 is 15.4 Å². The lowest BCUT2D eigenvalue weighted by Crippen LogP contribution is -2.38. The largest absolute Gasteiger partial charge is 0.494 e. The highest BCUT2D eigenvalue weighted by atomic mass is 127. The van der Waals surface area contributed by atoms with E-state index < -0.39 is 0 Å². The number of ether oxygens (including phenoxy) is 1. The van der Waals surface area contributed by atoms with Gasteiger partial charge in [-0.2, -0.15) is 0 Å². The molecular formula is C21H29IN6O. The molecule has 0 radical (unpaired) electrons. The van der Waals surface area contributed by atoms with Crippen molar-refractivity contribution in [1.29, 1.82) is 0 Å². The molecule has 2 aromatic heterocycles. The van der Waals surface area contributed by atoms with Gasteiger partial charge in [-0.15, -0.1) is 34.2 Å². The van der Waals surface area contributed by atoms with E-state index in [1.165, 1.54) is 0 Å². The molecular weight excluding hydrogens is 479 g/mol. The summed E-state index contributed by atoms with van der Waals surface area (Å²) in [6.07, 6.45) is 4.69. The number of benzene rings is 1. The number of para-hydroxylation sites is 1. The zero-order valence-corrected chi connectivity index (χ0v) is 19.1. The SMILES string of the molecule is CCNC(=NCCCOc1ccccc1)NCCCc1nnc2ccccn12.I. The van der Waals surface area contributed by atoms with Gasteiger partial charge >= 0.3 is 0 Å². The highest BCUT2D eigenvalue weighted by Gasteiger charge is 2.04.